The Balaban J connectivity index is 1.53. The summed E-state index contributed by atoms with van der Waals surface area (Å²) in [5.41, 5.74) is 1.59. The van der Waals surface area contributed by atoms with Crippen LogP contribution in [0.3, 0.4) is 0 Å². The van der Waals surface area contributed by atoms with Crippen LogP contribution in [0.15, 0.2) is 42.7 Å². The van der Waals surface area contributed by atoms with Gasteiger partial charge in [-0.15, -0.1) is 13.2 Å². The molecule has 9 heteroatoms. The smallest absolute Gasteiger partial charge is 0.487 e. The van der Waals surface area contributed by atoms with E-state index in [0.29, 0.717) is 23.7 Å². The van der Waals surface area contributed by atoms with E-state index in [1.54, 1.807) is 12.4 Å². The Morgan fingerprint density at radius 3 is 2.66 bits per heavy atom. The molecular weight excluding hydrogens is 389 g/mol. The number of anilines is 1. The van der Waals surface area contributed by atoms with E-state index >= 15 is 0 Å². The molecule has 3 rings (SSSR count). The van der Waals surface area contributed by atoms with Crippen molar-refractivity contribution in [2.24, 2.45) is 5.92 Å². The maximum Gasteiger partial charge on any atom is 0.573 e. The summed E-state index contributed by atoms with van der Waals surface area (Å²) in [6.45, 7) is 1.79. The van der Waals surface area contributed by atoms with Gasteiger partial charge in [-0.05, 0) is 36.5 Å². The molecule has 0 saturated carbocycles. The molecule has 1 aromatic heterocycles. The number of hydrogen-bond donors (Lipinski definition) is 1. The van der Waals surface area contributed by atoms with Crippen molar-refractivity contribution >= 4 is 11.7 Å². The van der Waals surface area contributed by atoms with E-state index in [2.05, 4.69) is 14.6 Å². The van der Waals surface area contributed by atoms with E-state index in [1.807, 2.05) is 6.07 Å². The Bertz CT molecular complexity index is 827. The van der Waals surface area contributed by atoms with Crippen LogP contribution in [0.1, 0.15) is 24.8 Å². The number of nitrogens with zero attached hydrogens (tertiary/aromatic N) is 2. The monoisotopic (exact) mass is 410 g/mol. The Kier molecular flexibility index (Phi) is 6.46. The van der Waals surface area contributed by atoms with Crippen LogP contribution in [-0.2, 0) is 11.4 Å². The molecule has 1 saturated heterocycles. The second-order valence-electron chi connectivity index (χ2n) is 6.89. The number of benzene rings is 1. The van der Waals surface area contributed by atoms with Gasteiger partial charge in [0.05, 0.1) is 18.1 Å². The first kappa shape index (κ1) is 20.8. The molecule has 2 aromatic rings. The highest BCUT2D eigenvalue weighted by atomic mass is 19.4. The first-order valence-corrected chi connectivity index (χ1v) is 9.18. The van der Waals surface area contributed by atoms with Gasteiger partial charge in [0.15, 0.2) is 0 Å². The number of ether oxygens (including phenoxy) is 2. The molecule has 1 aromatic carbocycles. The zero-order chi connectivity index (χ0) is 20.9. The molecule has 0 spiro atoms. The third-order valence-corrected chi connectivity index (χ3v) is 4.68. The molecular formula is C20H21F3N2O4. The Hall–Kier alpha value is -2.97. The number of rotatable bonds is 8. The lowest BCUT2D eigenvalue weighted by atomic mass is 10.0. The van der Waals surface area contributed by atoms with Gasteiger partial charge in [-0.3, -0.25) is 9.78 Å². The summed E-state index contributed by atoms with van der Waals surface area (Å²) < 4.78 is 46.1. The van der Waals surface area contributed by atoms with E-state index in [9.17, 15) is 18.0 Å². The van der Waals surface area contributed by atoms with Gasteiger partial charge in [0, 0.05) is 25.6 Å². The number of carboxylic acid groups (broad SMARTS) is 1. The maximum atomic E-state index is 12.2. The fourth-order valence-electron chi connectivity index (χ4n) is 3.24. The highest BCUT2D eigenvalue weighted by molar-refractivity contribution is 5.66. The van der Waals surface area contributed by atoms with Crippen LogP contribution >= 0.6 is 0 Å². The van der Waals surface area contributed by atoms with E-state index in [1.165, 1.54) is 24.3 Å². The molecule has 1 N–H and O–H groups in total. The minimum Gasteiger partial charge on any atom is -0.487 e. The summed E-state index contributed by atoms with van der Waals surface area (Å²) in [6.07, 6.45) is 0.353. The zero-order valence-corrected chi connectivity index (χ0v) is 15.6. The summed E-state index contributed by atoms with van der Waals surface area (Å²) in [4.78, 5) is 17.1. The number of alkyl halides is 3. The SMILES string of the molecule is O=C(O)CCC1CCN(c2cncc(OCc3ccc(OC(F)(F)F)cc3)c2)C1. The fraction of sp³-hybridized carbons (Fsp3) is 0.400. The summed E-state index contributed by atoms with van der Waals surface area (Å²) >= 11 is 0. The number of carbonyl (C=O) groups is 1. The van der Waals surface area contributed by atoms with Crippen molar-refractivity contribution in [2.45, 2.75) is 32.2 Å². The van der Waals surface area contributed by atoms with Crippen LogP contribution in [0.5, 0.6) is 11.5 Å². The van der Waals surface area contributed by atoms with Gasteiger partial charge in [0.1, 0.15) is 18.1 Å². The Morgan fingerprint density at radius 1 is 1.21 bits per heavy atom. The molecule has 1 aliphatic rings. The molecule has 6 nitrogen and oxygen atoms in total. The van der Waals surface area contributed by atoms with Crippen molar-refractivity contribution in [2.75, 3.05) is 18.0 Å². The molecule has 156 valence electrons. The van der Waals surface area contributed by atoms with Crippen LogP contribution in [0.25, 0.3) is 0 Å². The lowest BCUT2D eigenvalue weighted by Gasteiger charge is -2.19. The van der Waals surface area contributed by atoms with Crippen molar-refractivity contribution < 1.29 is 32.5 Å². The van der Waals surface area contributed by atoms with Gasteiger partial charge < -0.3 is 19.5 Å². The maximum absolute atomic E-state index is 12.2. The minimum atomic E-state index is -4.72. The Labute approximate surface area is 165 Å². The van der Waals surface area contributed by atoms with Gasteiger partial charge in [-0.1, -0.05) is 12.1 Å². The van der Waals surface area contributed by atoms with Crippen molar-refractivity contribution in [1.29, 1.82) is 0 Å². The van der Waals surface area contributed by atoms with Crippen LogP contribution < -0.4 is 14.4 Å². The average molecular weight is 410 g/mol. The normalized spacial score (nSPS) is 16.7. The van der Waals surface area contributed by atoms with Crippen LogP contribution in [0, 0.1) is 5.92 Å². The average Bonchev–Trinajstić information content (AvgIpc) is 3.14. The van der Waals surface area contributed by atoms with Gasteiger partial charge in [-0.2, -0.15) is 0 Å². The van der Waals surface area contributed by atoms with Crippen molar-refractivity contribution in [3.63, 3.8) is 0 Å². The fourth-order valence-corrected chi connectivity index (χ4v) is 3.24. The molecule has 29 heavy (non-hydrogen) atoms. The summed E-state index contributed by atoms with van der Waals surface area (Å²) in [7, 11) is 0. The summed E-state index contributed by atoms with van der Waals surface area (Å²) in [5, 5.41) is 8.81. The van der Waals surface area contributed by atoms with E-state index in [4.69, 9.17) is 9.84 Å². The first-order chi connectivity index (χ1) is 13.8. The molecule has 0 bridgehead atoms. The van der Waals surface area contributed by atoms with E-state index in [-0.39, 0.29) is 18.8 Å². The van der Waals surface area contributed by atoms with Crippen molar-refractivity contribution in [3.8, 4) is 11.5 Å². The predicted octanol–water partition coefficient (Wildman–Crippen LogP) is 4.25. The second-order valence-corrected chi connectivity index (χ2v) is 6.89. The number of pyridine rings is 1. The predicted molar refractivity (Wildman–Crippen MR) is 98.9 cm³/mol. The summed E-state index contributed by atoms with van der Waals surface area (Å²) in [5.74, 6) is -0.171. The quantitative estimate of drug-likeness (QED) is 0.702. The van der Waals surface area contributed by atoms with Gasteiger partial charge in [0.2, 0.25) is 0 Å². The number of aliphatic carboxylic acids is 1. The standard InChI is InChI=1S/C20H21F3N2O4/c21-20(22,23)29-17-4-1-15(2-5-17)13-28-18-9-16(10-24-11-18)25-8-7-14(12-25)3-6-19(26)27/h1-2,4-5,9-11,14H,3,6-8,12-13H2,(H,26,27). The van der Waals surface area contributed by atoms with Crippen LogP contribution in [0.4, 0.5) is 18.9 Å². The topological polar surface area (TPSA) is 71.9 Å². The highest BCUT2D eigenvalue weighted by Gasteiger charge is 2.31. The zero-order valence-electron chi connectivity index (χ0n) is 15.6. The molecule has 1 fully saturated rings. The molecule has 1 aliphatic heterocycles. The number of hydrogen-bond acceptors (Lipinski definition) is 5. The summed E-state index contributed by atoms with van der Waals surface area (Å²) in [6, 6.07) is 7.34. The molecule has 0 amide bonds. The lowest BCUT2D eigenvalue weighted by Crippen LogP contribution is -2.20. The number of aromatic nitrogens is 1. The second kappa shape index (κ2) is 9.02. The third kappa shape index (κ3) is 6.55. The Morgan fingerprint density at radius 2 is 1.97 bits per heavy atom. The van der Waals surface area contributed by atoms with Crippen LogP contribution in [-0.4, -0.2) is 35.5 Å². The first-order valence-electron chi connectivity index (χ1n) is 9.18. The van der Waals surface area contributed by atoms with Gasteiger partial charge >= 0.3 is 12.3 Å². The highest BCUT2D eigenvalue weighted by Crippen LogP contribution is 2.28. The van der Waals surface area contributed by atoms with Crippen molar-refractivity contribution in [3.05, 3.63) is 48.3 Å². The molecule has 1 atom stereocenters. The number of halogens is 3. The van der Waals surface area contributed by atoms with Gasteiger partial charge in [0.25, 0.3) is 0 Å². The van der Waals surface area contributed by atoms with Crippen molar-refractivity contribution in [1.82, 2.24) is 4.98 Å². The van der Waals surface area contributed by atoms with E-state index < -0.39 is 12.3 Å². The lowest BCUT2D eigenvalue weighted by molar-refractivity contribution is -0.274. The van der Waals surface area contributed by atoms with E-state index in [0.717, 1.165) is 25.2 Å². The number of carboxylic acids is 1. The molecule has 2 heterocycles. The third-order valence-electron chi connectivity index (χ3n) is 4.68. The minimum absolute atomic E-state index is 0.173. The van der Waals surface area contributed by atoms with Gasteiger partial charge in [-0.25, -0.2) is 0 Å². The largest absolute Gasteiger partial charge is 0.573 e. The molecule has 0 radical (unpaired) electrons. The molecule has 0 aliphatic carbocycles. The van der Waals surface area contributed by atoms with Crippen LogP contribution in [0.2, 0.25) is 0 Å². The molecule has 1 unspecified atom stereocenters.